The Hall–Kier alpha value is -1.46. The fourth-order valence-electron chi connectivity index (χ4n) is 0.604. The zero-order valence-corrected chi connectivity index (χ0v) is 8.51. The number of phenols is 1. The van der Waals surface area contributed by atoms with Gasteiger partial charge in [0.1, 0.15) is 5.75 Å². The number of carbonyl (C=O) groups is 1. The molecule has 0 aliphatic carbocycles. The van der Waals surface area contributed by atoms with Crippen LogP contribution in [-0.4, -0.2) is 24.5 Å². The Balaban J connectivity index is 0.000000336. The second kappa shape index (κ2) is 5.43. The van der Waals surface area contributed by atoms with Gasteiger partial charge in [-0.05, 0) is 24.3 Å². The molecule has 0 heterocycles. The number of carboxylic acid groups (broad SMARTS) is 1. The molecule has 0 aliphatic rings. The van der Waals surface area contributed by atoms with Crippen molar-refractivity contribution in [1.82, 2.24) is 0 Å². The van der Waals surface area contributed by atoms with Gasteiger partial charge in [-0.3, -0.25) is 0 Å². The average molecular weight is 256 g/mol. The number of hydrogen-bond donors (Lipinski definition) is 4. The van der Waals surface area contributed by atoms with Gasteiger partial charge in [-0.1, -0.05) is 0 Å². The maximum atomic E-state index is 10.2. The van der Waals surface area contributed by atoms with Gasteiger partial charge < -0.3 is 10.2 Å². The standard InChI is InChI=1S/C7H6O3.Cr.2H2O.2O/c8-6-3-1-5(2-4-6)7(9)10;;;;;/h1-4,8H,(H,9,10);;2*1H2;;/q;+2;;;;/p-2. The number of phenolic OH excluding ortho intramolecular Hbond substituents is 1. The molecule has 7 nitrogen and oxygen atoms in total. The summed E-state index contributed by atoms with van der Waals surface area (Å²) in [7, 11) is 0. The number of rotatable bonds is 1. The number of hydrogen-bond acceptors (Lipinski definition) is 4. The third-order valence-corrected chi connectivity index (χ3v) is 1.11. The van der Waals surface area contributed by atoms with E-state index in [4.69, 9.17) is 26.1 Å². The Morgan fingerprint density at radius 1 is 1.07 bits per heavy atom. The van der Waals surface area contributed by atoms with Crippen LogP contribution < -0.4 is 0 Å². The monoisotopic (exact) mass is 256 g/mol. The molecular formula is C7H8CrO7. The summed E-state index contributed by atoms with van der Waals surface area (Å²) in [6.45, 7) is 0. The van der Waals surface area contributed by atoms with Gasteiger partial charge in [0, 0.05) is 0 Å². The summed E-state index contributed by atoms with van der Waals surface area (Å²) in [4.78, 5) is 10.2. The molecule has 1 aromatic rings. The van der Waals surface area contributed by atoms with Crippen LogP contribution in [0.25, 0.3) is 0 Å². The van der Waals surface area contributed by atoms with E-state index in [2.05, 4.69) is 0 Å². The van der Waals surface area contributed by atoms with E-state index in [0.29, 0.717) is 0 Å². The Kier molecular flexibility index (Phi) is 4.90. The van der Waals surface area contributed by atoms with Gasteiger partial charge >= 0.3 is 35.5 Å². The van der Waals surface area contributed by atoms with Crippen LogP contribution in [-0.2, 0) is 21.2 Å². The molecule has 0 aromatic heterocycles. The van der Waals surface area contributed by atoms with E-state index in [0.717, 1.165) is 0 Å². The summed E-state index contributed by atoms with van der Waals surface area (Å²) in [5.41, 5.74) is 0.179. The first-order valence-corrected chi connectivity index (χ1v) is 5.60. The summed E-state index contributed by atoms with van der Waals surface area (Å²) >= 11 is -5.25. The normalized spacial score (nSPS) is 10.0. The number of aromatic carboxylic acids is 1. The Morgan fingerprint density at radius 3 is 1.67 bits per heavy atom. The topological polar surface area (TPSA) is 132 Å². The molecule has 0 aliphatic heterocycles. The molecule has 0 saturated heterocycles. The van der Waals surface area contributed by atoms with E-state index in [9.17, 15) is 4.79 Å². The number of aromatic hydroxyl groups is 1. The van der Waals surface area contributed by atoms with E-state index in [1.807, 2.05) is 0 Å². The quantitative estimate of drug-likeness (QED) is 0.543. The van der Waals surface area contributed by atoms with Crippen molar-refractivity contribution in [2.24, 2.45) is 0 Å². The number of carboxylic acids is 1. The Bertz CT molecular complexity index is 411. The van der Waals surface area contributed by atoms with E-state index in [1.165, 1.54) is 24.3 Å². The van der Waals surface area contributed by atoms with Gasteiger partial charge in [-0.25, -0.2) is 4.79 Å². The number of benzene rings is 1. The van der Waals surface area contributed by atoms with Gasteiger partial charge in [0.25, 0.3) is 0 Å². The van der Waals surface area contributed by atoms with Crippen LogP contribution in [0.15, 0.2) is 24.3 Å². The fraction of sp³-hybridized carbons (Fsp3) is 0. The van der Waals surface area contributed by atoms with Crippen molar-refractivity contribution in [3.63, 3.8) is 0 Å². The molecule has 0 saturated carbocycles. The Morgan fingerprint density at radius 2 is 1.40 bits per heavy atom. The molecular weight excluding hydrogens is 248 g/mol. The van der Waals surface area contributed by atoms with E-state index >= 15 is 0 Å². The molecule has 0 unspecified atom stereocenters. The zero-order chi connectivity index (χ0) is 12.1. The van der Waals surface area contributed by atoms with Gasteiger partial charge in [0.15, 0.2) is 0 Å². The van der Waals surface area contributed by atoms with Crippen molar-refractivity contribution in [1.29, 1.82) is 0 Å². The van der Waals surface area contributed by atoms with Crippen LogP contribution in [0, 0.1) is 0 Å². The summed E-state index contributed by atoms with van der Waals surface area (Å²) in [6.07, 6.45) is 0. The van der Waals surface area contributed by atoms with Crippen molar-refractivity contribution in [2.45, 2.75) is 0 Å². The van der Waals surface area contributed by atoms with E-state index in [-0.39, 0.29) is 11.3 Å². The van der Waals surface area contributed by atoms with Crippen LogP contribution in [0.1, 0.15) is 10.4 Å². The van der Waals surface area contributed by atoms with Crippen molar-refractivity contribution in [3.8, 4) is 5.75 Å². The SMILES string of the molecule is O=C(O)c1ccc(O)cc1.[O]=[Cr](=[O])([OH])[OH]. The summed E-state index contributed by atoms with van der Waals surface area (Å²) in [5.74, 6) is -0.912. The van der Waals surface area contributed by atoms with Crippen molar-refractivity contribution >= 4 is 5.97 Å². The van der Waals surface area contributed by atoms with Gasteiger partial charge in [0.05, 0.1) is 5.56 Å². The maximum absolute atomic E-state index is 10.2. The van der Waals surface area contributed by atoms with Crippen LogP contribution >= 0.6 is 0 Å². The zero-order valence-electron chi connectivity index (χ0n) is 7.23. The molecule has 0 bridgehead atoms. The first-order valence-electron chi connectivity index (χ1n) is 3.42. The van der Waals surface area contributed by atoms with Crippen LogP contribution in [0.4, 0.5) is 0 Å². The predicted molar refractivity (Wildman–Crippen MR) is 40.9 cm³/mol. The first-order chi connectivity index (χ1) is 6.70. The summed E-state index contributed by atoms with van der Waals surface area (Å²) < 4.78 is 31.9. The van der Waals surface area contributed by atoms with Gasteiger partial charge in [-0.2, -0.15) is 0 Å². The average Bonchev–Trinajstić information content (AvgIpc) is 2.01. The van der Waals surface area contributed by atoms with Crippen molar-refractivity contribution in [2.75, 3.05) is 0 Å². The second-order valence-electron chi connectivity index (χ2n) is 2.30. The first kappa shape index (κ1) is 13.5. The molecule has 1 aromatic carbocycles. The predicted octanol–water partition coefficient (Wildman–Crippen LogP) is -0.264. The minimum absolute atomic E-state index is 0.0741. The molecule has 84 valence electrons. The third kappa shape index (κ3) is 8.86. The fourth-order valence-corrected chi connectivity index (χ4v) is 0.604. The van der Waals surface area contributed by atoms with Crippen molar-refractivity contribution in [3.05, 3.63) is 29.8 Å². The summed E-state index contributed by atoms with van der Waals surface area (Å²) in [6, 6.07) is 5.36. The molecule has 15 heavy (non-hydrogen) atoms. The van der Waals surface area contributed by atoms with Crippen LogP contribution in [0.5, 0.6) is 5.75 Å². The Labute approximate surface area is 86.6 Å². The third-order valence-electron chi connectivity index (χ3n) is 1.11. The van der Waals surface area contributed by atoms with Gasteiger partial charge in [-0.15, -0.1) is 0 Å². The van der Waals surface area contributed by atoms with Crippen LogP contribution in [0.2, 0.25) is 0 Å². The molecule has 4 N–H and O–H groups in total. The summed E-state index contributed by atoms with van der Waals surface area (Å²) in [5, 5.41) is 17.1. The molecule has 0 radical (unpaired) electrons. The van der Waals surface area contributed by atoms with E-state index in [1.54, 1.807) is 0 Å². The molecule has 1 rings (SSSR count). The molecule has 0 amide bonds. The van der Waals surface area contributed by atoms with Crippen molar-refractivity contribution < 1.29 is 44.5 Å². The minimum atomic E-state index is -5.25. The van der Waals surface area contributed by atoms with Crippen LogP contribution in [0.3, 0.4) is 0 Å². The van der Waals surface area contributed by atoms with Gasteiger partial charge in [0.2, 0.25) is 0 Å². The molecule has 0 spiro atoms. The molecule has 8 heteroatoms. The molecule has 0 fully saturated rings. The second-order valence-corrected chi connectivity index (χ2v) is 3.70. The van der Waals surface area contributed by atoms with E-state index < -0.39 is 19.6 Å². The molecule has 0 atom stereocenters.